The van der Waals surface area contributed by atoms with Crippen LogP contribution in [0, 0.1) is 3.57 Å². The molecule has 0 aromatic heterocycles. The molecular formula is C11H15Cl2IN2O. The van der Waals surface area contributed by atoms with Crippen LogP contribution >= 0.6 is 46.8 Å². The third-order valence-corrected chi connectivity index (χ3v) is 3.21. The van der Waals surface area contributed by atoms with E-state index in [0.717, 1.165) is 3.57 Å². The molecule has 1 aromatic rings. The molecule has 0 unspecified atom stereocenters. The molecule has 0 aliphatic rings. The van der Waals surface area contributed by atoms with Gasteiger partial charge in [0.2, 0.25) is 0 Å². The molecule has 1 rings (SSSR count). The van der Waals surface area contributed by atoms with Crippen molar-refractivity contribution in [2.45, 2.75) is 26.3 Å². The lowest BCUT2D eigenvalue weighted by Crippen LogP contribution is -2.46. The van der Waals surface area contributed by atoms with Gasteiger partial charge in [0.25, 0.3) is 5.91 Å². The van der Waals surface area contributed by atoms with Crippen molar-refractivity contribution in [2.75, 3.05) is 0 Å². The fraction of sp³-hybridized carbons (Fsp3) is 0.364. The SMILES string of the molecule is CC(C)(C)N(Cl)NC(=O)c1ccc(I)cc1.Cl. The molecule has 0 fully saturated rings. The number of hydrogen-bond acceptors (Lipinski definition) is 2. The van der Waals surface area contributed by atoms with Crippen LogP contribution in [0.5, 0.6) is 0 Å². The van der Waals surface area contributed by atoms with Gasteiger partial charge in [-0.15, -0.1) is 16.9 Å². The monoisotopic (exact) mass is 388 g/mol. The number of nitrogens with zero attached hydrogens (tertiary/aromatic N) is 1. The molecule has 0 aliphatic heterocycles. The second kappa shape index (κ2) is 6.78. The molecule has 0 saturated carbocycles. The first kappa shape index (κ1) is 17.0. The zero-order chi connectivity index (χ0) is 12.3. The van der Waals surface area contributed by atoms with Crippen LogP contribution in [0.4, 0.5) is 0 Å². The fourth-order valence-electron chi connectivity index (χ4n) is 0.923. The summed E-state index contributed by atoms with van der Waals surface area (Å²) in [4.78, 5) is 11.8. The number of nitrogens with one attached hydrogen (secondary N) is 1. The highest BCUT2D eigenvalue weighted by Crippen LogP contribution is 2.13. The molecule has 96 valence electrons. The van der Waals surface area contributed by atoms with Crippen molar-refractivity contribution in [3.8, 4) is 0 Å². The van der Waals surface area contributed by atoms with E-state index in [1.807, 2.05) is 32.9 Å². The molecule has 0 heterocycles. The molecule has 0 saturated heterocycles. The Labute approximate surface area is 127 Å². The smallest absolute Gasteiger partial charge is 0.266 e. The Balaban J connectivity index is 0.00000256. The summed E-state index contributed by atoms with van der Waals surface area (Å²) in [5, 5.41) is 0. The van der Waals surface area contributed by atoms with Crippen LogP contribution in [0.2, 0.25) is 0 Å². The number of amides is 1. The Morgan fingerprint density at radius 3 is 2.18 bits per heavy atom. The van der Waals surface area contributed by atoms with Gasteiger partial charge >= 0.3 is 0 Å². The summed E-state index contributed by atoms with van der Waals surface area (Å²) < 4.78 is 2.38. The van der Waals surface area contributed by atoms with Gasteiger partial charge in [0.05, 0.1) is 0 Å². The van der Waals surface area contributed by atoms with Crippen molar-refractivity contribution in [1.82, 2.24) is 9.95 Å². The van der Waals surface area contributed by atoms with Gasteiger partial charge < -0.3 is 0 Å². The lowest BCUT2D eigenvalue weighted by molar-refractivity contribution is 0.0806. The summed E-state index contributed by atoms with van der Waals surface area (Å²) in [6.45, 7) is 5.73. The van der Waals surface area contributed by atoms with E-state index in [1.54, 1.807) is 12.1 Å². The predicted octanol–water partition coefficient (Wildman–Crippen LogP) is 3.61. The second-order valence-electron chi connectivity index (χ2n) is 4.40. The Hall–Kier alpha value is -0.0400. The lowest BCUT2D eigenvalue weighted by atomic mass is 10.1. The molecule has 1 N–H and O–H groups in total. The summed E-state index contributed by atoms with van der Waals surface area (Å²) >= 11 is 8.12. The molecule has 0 radical (unpaired) electrons. The standard InChI is InChI=1S/C11H14ClIN2O.ClH/c1-11(2,3)15(12)14-10(16)8-4-6-9(13)7-5-8;/h4-7H,1-3H3,(H,14,16);1H. The number of halogens is 3. The molecule has 3 nitrogen and oxygen atoms in total. The van der Waals surface area contributed by atoms with Crippen LogP contribution < -0.4 is 5.43 Å². The van der Waals surface area contributed by atoms with Crippen LogP contribution in [0.25, 0.3) is 0 Å². The molecule has 0 spiro atoms. The lowest BCUT2D eigenvalue weighted by Gasteiger charge is -2.28. The Morgan fingerprint density at radius 2 is 1.76 bits per heavy atom. The minimum Gasteiger partial charge on any atom is -0.270 e. The largest absolute Gasteiger partial charge is 0.270 e. The average Bonchev–Trinajstić information content (AvgIpc) is 2.17. The van der Waals surface area contributed by atoms with E-state index in [1.165, 1.54) is 4.53 Å². The van der Waals surface area contributed by atoms with Crippen molar-refractivity contribution in [3.05, 3.63) is 33.4 Å². The van der Waals surface area contributed by atoms with Gasteiger partial charge in [-0.1, -0.05) is 0 Å². The van der Waals surface area contributed by atoms with Crippen LogP contribution in [-0.4, -0.2) is 16.0 Å². The summed E-state index contributed by atoms with van der Waals surface area (Å²) in [5.74, 6) is -0.207. The van der Waals surface area contributed by atoms with Gasteiger partial charge in [0, 0.05) is 26.4 Å². The van der Waals surface area contributed by atoms with E-state index in [-0.39, 0.29) is 23.9 Å². The maximum atomic E-state index is 11.8. The van der Waals surface area contributed by atoms with Gasteiger partial charge in [-0.3, -0.25) is 10.2 Å². The van der Waals surface area contributed by atoms with Crippen molar-refractivity contribution in [2.24, 2.45) is 0 Å². The third-order valence-electron chi connectivity index (χ3n) is 1.90. The van der Waals surface area contributed by atoms with E-state index in [4.69, 9.17) is 11.8 Å². The molecule has 0 bridgehead atoms. The molecular weight excluding hydrogens is 374 g/mol. The van der Waals surface area contributed by atoms with E-state index < -0.39 is 0 Å². The maximum absolute atomic E-state index is 11.8. The molecule has 0 aliphatic carbocycles. The second-order valence-corrected chi connectivity index (χ2v) is 5.98. The van der Waals surface area contributed by atoms with E-state index >= 15 is 0 Å². The minimum atomic E-state index is -0.319. The normalized spacial score (nSPS) is 10.9. The first-order valence-corrected chi connectivity index (χ1v) is 6.25. The van der Waals surface area contributed by atoms with Gasteiger partial charge in [-0.2, -0.15) is 0 Å². The molecule has 1 aromatic carbocycles. The van der Waals surface area contributed by atoms with Crippen LogP contribution in [0.15, 0.2) is 24.3 Å². The predicted molar refractivity (Wildman–Crippen MR) is 81.3 cm³/mol. The maximum Gasteiger partial charge on any atom is 0.266 e. The zero-order valence-electron chi connectivity index (χ0n) is 9.83. The van der Waals surface area contributed by atoms with Gasteiger partial charge in [-0.05, 0) is 67.6 Å². The third kappa shape index (κ3) is 5.42. The minimum absolute atomic E-state index is 0. The topological polar surface area (TPSA) is 32.3 Å². The molecule has 17 heavy (non-hydrogen) atoms. The molecule has 1 amide bonds. The van der Waals surface area contributed by atoms with Crippen LogP contribution in [-0.2, 0) is 0 Å². The number of hydrazine groups is 1. The number of carbonyl (C=O) groups excluding carboxylic acids is 1. The summed E-state index contributed by atoms with van der Waals surface area (Å²) in [5.41, 5.74) is 2.89. The van der Waals surface area contributed by atoms with Crippen molar-refractivity contribution >= 4 is 52.7 Å². The Kier molecular flexibility index (Phi) is 6.76. The van der Waals surface area contributed by atoms with Gasteiger partial charge in [-0.25, -0.2) is 0 Å². The number of hydrogen-bond donors (Lipinski definition) is 1. The van der Waals surface area contributed by atoms with Crippen LogP contribution in [0.3, 0.4) is 0 Å². The summed E-state index contributed by atoms with van der Waals surface area (Å²) in [6, 6.07) is 7.30. The number of rotatable bonds is 2. The highest BCUT2D eigenvalue weighted by molar-refractivity contribution is 14.1. The first-order valence-electron chi connectivity index (χ1n) is 4.83. The summed E-state index contributed by atoms with van der Waals surface area (Å²) in [6.07, 6.45) is 0. The Bertz CT molecular complexity index is 376. The quantitative estimate of drug-likeness (QED) is 0.476. The highest BCUT2D eigenvalue weighted by Gasteiger charge is 2.21. The van der Waals surface area contributed by atoms with E-state index in [9.17, 15) is 4.79 Å². The summed E-state index contributed by atoms with van der Waals surface area (Å²) in [7, 11) is 0. The highest BCUT2D eigenvalue weighted by atomic mass is 127. The Morgan fingerprint density at radius 1 is 1.29 bits per heavy atom. The van der Waals surface area contributed by atoms with Crippen molar-refractivity contribution < 1.29 is 4.79 Å². The van der Waals surface area contributed by atoms with Crippen molar-refractivity contribution in [3.63, 3.8) is 0 Å². The number of carbonyl (C=O) groups is 1. The molecule has 6 heteroatoms. The van der Waals surface area contributed by atoms with E-state index in [2.05, 4.69) is 28.0 Å². The van der Waals surface area contributed by atoms with Crippen LogP contribution in [0.1, 0.15) is 31.1 Å². The van der Waals surface area contributed by atoms with Crippen molar-refractivity contribution in [1.29, 1.82) is 0 Å². The van der Waals surface area contributed by atoms with Gasteiger partial charge in [0.1, 0.15) is 0 Å². The molecule has 0 atom stereocenters. The van der Waals surface area contributed by atoms with Gasteiger partial charge in [0.15, 0.2) is 0 Å². The number of benzene rings is 1. The van der Waals surface area contributed by atoms with E-state index in [0.29, 0.717) is 5.56 Å². The zero-order valence-corrected chi connectivity index (χ0v) is 13.6. The fourth-order valence-corrected chi connectivity index (χ4v) is 1.36. The average molecular weight is 389 g/mol. The first-order chi connectivity index (χ1) is 7.30.